The molecule has 0 aliphatic heterocycles. The number of carbonyl (C=O) groups is 1. The van der Waals surface area contributed by atoms with Crippen molar-refractivity contribution in [3.8, 4) is 17.4 Å². The summed E-state index contributed by atoms with van der Waals surface area (Å²) >= 11 is 0. The molecule has 0 spiro atoms. The lowest BCUT2D eigenvalue weighted by Crippen LogP contribution is -2.20. The third kappa shape index (κ3) is 7.35. The normalized spacial score (nSPS) is 11.2. The van der Waals surface area contributed by atoms with Crippen LogP contribution in [0.5, 0.6) is 17.4 Å². The number of carbonyl (C=O) groups excluding carboxylic acids is 1. The maximum Gasteiger partial charge on any atom is 0.323 e. The molecule has 0 aliphatic carbocycles. The number of hydrogen-bond acceptors (Lipinski definition) is 5. The summed E-state index contributed by atoms with van der Waals surface area (Å²) in [5, 5.41) is 5.69. The molecule has 0 aliphatic rings. The molecule has 0 saturated heterocycles. The average molecular weight is 514 g/mol. The van der Waals surface area contributed by atoms with Gasteiger partial charge in [0.1, 0.15) is 29.6 Å². The molecule has 0 unspecified atom stereocenters. The maximum atomic E-state index is 12.8. The molecule has 4 rings (SSSR count). The zero-order valence-electron chi connectivity index (χ0n) is 22.4. The van der Waals surface area contributed by atoms with Crippen molar-refractivity contribution in [1.82, 2.24) is 15.0 Å². The number of para-hydroxylation sites is 1. The number of pyridine rings is 1. The Morgan fingerprint density at radius 3 is 2.66 bits per heavy atom. The zero-order valence-corrected chi connectivity index (χ0v) is 22.4. The minimum Gasteiger partial charge on any atom is -0.487 e. The Balaban J connectivity index is 1.38. The van der Waals surface area contributed by atoms with E-state index in [0.717, 1.165) is 36.3 Å². The molecule has 3 N–H and O–H groups in total. The number of hydrogen-bond donors (Lipinski definition) is 3. The first-order valence-corrected chi connectivity index (χ1v) is 12.9. The average Bonchev–Trinajstić information content (AvgIpc) is 3.35. The zero-order chi connectivity index (χ0) is 27.0. The van der Waals surface area contributed by atoms with Crippen molar-refractivity contribution in [1.29, 1.82) is 0 Å². The van der Waals surface area contributed by atoms with E-state index in [1.165, 1.54) is 0 Å². The van der Waals surface area contributed by atoms with E-state index in [9.17, 15) is 4.79 Å². The van der Waals surface area contributed by atoms with Gasteiger partial charge in [-0.2, -0.15) is 0 Å². The monoisotopic (exact) mass is 513 g/mol. The van der Waals surface area contributed by atoms with Crippen molar-refractivity contribution in [2.45, 2.75) is 59.0 Å². The quantitative estimate of drug-likeness (QED) is 0.204. The van der Waals surface area contributed by atoms with Gasteiger partial charge >= 0.3 is 6.03 Å². The Bertz CT molecular complexity index is 1360. The lowest BCUT2D eigenvalue weighted by atomic mass is 9.86. The highest BCUT2D eigenvalue weighted by molar-refractivity contribution is 6.00. The Labute approximate surface area is 223 Å². The highest BCUT2D eigenvalue weighted by atomic mass is 16.5. The number of aromatic nitrogens is 3. The van der Waals surface area contributed by atoms with E-state index in [4.69, 9.17) is 9.47 Å². The number of amides is 2. The van der Waals surface area contributed by atoms with Gasteiger partial charge in [-0.05, 0) is 42.2 Å². The van der Waals surface area contributed by atoms with E-state index in [0.29, 0.717) is 35.4 Å². The van der Waals surface area contributed by atoms with Gasteiger partial charge in [0.2, 0.25) is 5.88 Å². The molecule has 2 aromatic heterocycles. The second kappa shape index (κ2) is 12.3. The SMILES string of the molecule is CCCCc1ncc(COc2cccc(NC(=O)Nc3cccnc3Oc3ccccc3C(C)(C)C)c2)[nH]1. The van der Waals surface area contributed by atoms with Crippen LogP contribution in [-0.2, 0) is 18.4 Å². The van der Waals surface area contributed by atoms with Gasteiger partial charge in [-0.15, -0.1) is 0 Å². The van der Waals surface area contributed by atoms with Gasteiger partial charge in [-0.1, -0.05) is 58.4 Å². The first-order chi connectivity index (χ1) is 18.3. The van der Waals surface area contributed by atoms with Crippen molar-refractivity contribution in [2.75, 3.05) is 10.6 Å². The Hall–Kier alpha value is -4.33. The van der Waals surface area contributed by atoms with Crippen LogP contribution in [0.2, 0.25) is 0 Å². The van der Waals surface area contributed by atoms with Crippen LogP contribution in [-0.4, -0.2) is 21.0 Å². The molecule has 0 atom stereocenters. The summed E-state index contributed by atoms with van der Waals surface area (Å²) in [6, 6.07) is 18.2. The van der Waals surface area contributed by atoms with E-state index < -0.39 is 6.03 Å². The number of H-pyrrole nitrogens is 1. The Kier molecular flexibility index (Phi) is 8.63. The van der Waals surface area contributed by atoms with E-state index in [1.54, 1.807) is 36.7 Å². The van der Waals surface area contributed by atoms with Crippen LogP contribution in [0.3, 0.4) is 0 Å². The van der Waals surface area contributed by atoms with Crippen LogP contribution in [0.15, 0.2) is 73.1 Å². The molecule has 0 saturated carbocycles. The lowest BCUT2D eigenvalue weighted by molar-refractivity contribution is 0.262. The Morgan fingerprint density at radius 2 is 1.84 bits per heavy atom. The molecular formula is C30H35N5O3. The van der Waals surface area contributed by atoms with Crippen LogP contribution < -0.4 is 20.1 Å². The van der Waals surface area contributed by atoms with Gasteiger partial charge in [-0.25, -0.2) is 14.8 Å². The summed E-state index contributed by atoms with van der Waals surface area (Å²) in [6.45, 7) is 8.89. The van der Waals surface area contributed by atoms with Gasteiger partial charge < -0.3 is 25.1 Å². The molecule has 0 fully saturated rings. The summed E-state index contributed by atoms with van der Waals surface area (Å²) in [5.41, 5.74) is 2.89. The minimum atomic E-state index is -0.418. The molecule has 198 valence electrons. The number of benzene rings is 2. The number of ether oxygens (including phenoxy) is 2. The summed E-state index contributed by atoms with van der Waals surface area (Å²) in [4.78, 5) is 24.9. The predicted molar refractivity (Wildman–Crippen MR) is 150 cm³/mol. The number of urea groups is 1. The topological polar surface area (TPSA) is 101 Å². The van der Waals surface area contributed by atoms with Crippen molar-refractivity contribution in [3.63, 3.8) is 0 Å². The molecule has 38 heavy (non-hydrogen) atoms. The molecular weight excluding hydrogens is 478 g/mol. The third-order valence-electron chi connectivity index (χ3n) is 5.86. The second-order valence-corrected chi connectivity index (χ2v) is 10.1. The first kappa shape index (κ1) is 26.7. The molecule has 0 radical (unpaired) electrons. The molecule has 0 bridgehead atoms. The third-order valence-corrected chi connectivity index (χ3v) is 5.86. The molecule has 8 nitrogen and oxygen atoms in total. The molecule has 2 aromatic carbocycles. The molecule has 4 aromatic rings. The first-order valence-electron chi connectivity index (χ1n) is 12.9. The van der Waals surface area contributed by atoms with Gasteiger partial charge in [0.15, 0.2) is 0 Å². The van der Waals surface area contributed by atoms with Crippen LogP contribution in [0.25, 0.3) is 0 Å². The smallest absolute Gasteiger partial charge is 0.323 e. The summed E-state index contributed by atoms with van der Waals surface area (Å²) < 4.78 is 12.1. The largest absolute Gasteiger partial charge is 0.487 e. The van der Waals surface area contributed by atoms with E-state index in [-0.39, 0.29) is 5.41 Å². The van der Waals surface area contributed by atoms with Crippen LogP contribution in [0, 0.1) is 0 Å². The lowest BCUT2D eigenvalue weighted by Gasteiger charge is -2.22. The number of nitrogens with one attached hydrogen (secondary N) is 3. The molecule has 2 heterocycles. The standard InChI is InChI=1S/C30H35N5O3/c1-5-6-16-27-32-19-22(33-27)20-37-23-12-9-11-21(18-23)34-29(36)35-25-14-10-17-31-28(25)38-26-15-8-7-13-24(26)30(2,3)4/h7-15,17-19H,5-6,16,20H2,1-4H3,(H,32,33)(H2,34,35,36). The number of nitrogens with zero attached hydrogens (tertiary/aromatic N) is 2. The van der Waals surface area contributed by atoms with Gasteiger partial charge in [0.05, 0.1) is 11.9 Å². The number of imidazole rings is 1. The van der Waals surface area contributed by atoms with E-state index in [1.807, 2.05) is 36.4 Å². The van der Waals surface area contributed by atoms with E-state index in [2.05, 4.69) is 53.3 Å². The fraction of sp³-hybridized carbons (Fsp3) is 0.300. The van der Waals surface area contributed by atoms with Crippen molar-refractivity contribution in [3.05, 3.63) is 90.1 Å². The van der Waals surface area contributed by atoms with Crippen molar-refractivity contribution < 1.29 is 14.3 Å². The maximum absolute atomic E-state index is 12.8. The molecule has 2 amide bonds. The van der Waals surface area contributed by atoms with Gasteiger partial charge in [-0.3, -0.25) is 0 Å². The fourth-order valence-corrected chi connectivity index (χ4v) is 3.91. The number of aromatic amines is 1. The number of rotatable bonds is 10. The molecule has 8 heteroatoms. The van der Waals surface area contributed by atoms with Gasteiger partial charge in [0.25, 0.3) is 0 Å². The summed E-state index contributed by atoms with van der Waals surface area (Å²) in [7, 11) is 0. The van der Waals surface area contributed by atoms with Crippen molar-refractivity contribution in [2.24, 2.45) is 0 Å². The minimum absolute atomic E-state index is 0.113. The number of unbranched alkanes of at least 4 members (excludes halogenated alkanes) is 1. The highest BCUT2D eigenvalue weighted by Gasteiger charge is 2.20. The fourth-order valence-electron chi connectivity index (χ4n) is 3.91. The number of anilines is 2. The van der Waals surface area contributed by atoms with E-state index >= 15 is 0 Å². The highest BCUT2D eigenvalue weighted by Crippen LogP contribution is 2.35. The van der Waals surface area contributed by atoms with Gasteiger partial charge in [0, 0.05) is 29.9 Å². The second-order valence-electron chi connectivity index (χ2n) is 10.1. The summed E-state index contributed by atoms with van der Waals surface area (Å²) in [6.07, 6.45) is 6.58. The number of aryl methyl sites for hydroxylation is 1. The van der Waals surface area contributed by atoms with Crippen LogP contribution >= 0.6 is 0 Å². The predicted octanol–water partition coefficient (Wildman–Crippen LogP) is 7.46. The van der Waals surface area contributed by atoms with Crippen LogP contribution in [0.4, 0.5) is 16.2 Å². The van der Waals surface area contributed by atoms with Crippen molar-refractivity contribution >= 4 is 17.4 Å². The van der Waals surface area contributed by atoms with Crippen LogP contribution in [0.1, 0.15) is 57.6 Å². The Morgan fingerprint density at radius 1 is 1.00 bits per heavy atom. The summed E-state index contributed by atoms with van der Waals surface area (Å²) in [5.74, 6) is 2.62.